The Hall–Kier alpha value is -5.36. The summed E-state index contributed by atoms with van der Waals surface area (Å²) in [5.41, 5.74) is 5.71. The van der Waals surface area contributed by atoms with Gasteiger partial charge in [-0.2, -0.15) is 0 Å². The normalized spacial score (nSPS) is 15.6. The first-order valence-electron chi connectivity index (χ1n) is 12.9. The summed E-state index contributed by atoms with van der Waals surface area (Å²) in [5.74, 6) is 2.81. The van der Waals surface area contributed by atoms with Gasteiger partial charge in [-0.15, -0.1) is 0 Å². The molecular formula is C33H21N5O. The van der Waals surface area contributed by atoms with Crippen LogP contribution in [0.5, 0.6) is 11.6 Å². The van der Waals surface area contributed by atoms with Crippen LogP contribution in [0.2, 0.25) is 0 Å². The Kier molecular flexibility index (Phi) is 4.79. The highest BCUT2D eigenvalue weighted by atomic mass is 16.5. The van der Waals surface area contributed by atoms with Gasteiger partial charge in [0.25, 0.3) is 0 Å². The van der Waals surface area contributed by atoms with Crippen LogP contribution in [-0.2, 0) is 0 Å². The molecule has 4 aromatic carbocycles. The molecule has 1 N–H and O–H groups in total. The molecule has 4 heterocycles. The van der Waals surface area contributed by atoms with Gasteiger partial charge in [0.1, 0.15) is 17.8 Å². The number of para-hydroxylation sites is 1. The predicted molar refractivity (Wildman–Crippen MR) is 154 cm³/mol. The number of amidine groups is 2. The summed E-state index contributed by atoms with van der Waals surface area (Å²) in [6.07, 6.45) is 1.60. The molecule has 6 heteroatoms. The van der Waals surface area contributed by atoms with E-state index in [0.29, 0.717) is 11.7 Å². The third-order valence-electron chi connectivity index (χ3n) is 7.19. The molecule has 2 aliphatic heterocycles. The van der Waals surface area contributed by atoms with Crippen molar-refractivity contribution in [3.8, 4) is 22.9 Å². The lowest BCUT2D eigenvalue weighted by molar-refractivity contribution is 0.469. The predicted octanol–water partition coefficient (Wildman–Crippen LogP) is 7.05. The van der Waals surface area contributed by atoms with Crippen molar-refractivity contribution >= 4 is 33.3 Å². The maximum absolute atomic E-state index is 6.23. The lowest BCUT2D eigenvalue weighted by Crippen LogP contribution is -2.33. The Morgan fingerprint density at radius 3 is 2.38 bits per heavy atom. The Balaban J connectivity index is 1.32. The molecule has 0 aliphatic carbocycles. The van der Waals surface area contributed by atoms with Crippen LogP contribution in [0.15, 0.2) is 125 Å². The third-order valence-corrected chi connectivity index (χ3v) is 7.19. The van der Waals surface area contributed by atoms with E-state index in [1.807, 2.05) is 85.1 Å². The van der Waals surface area contributed by atoms with Crippen molar-refractivity contribution in [2.24, 2.45) is 9.98 Å². The molecule has 0 spiro atoms. The smallest absolute Gasteiger partial charge is 0.229 e. The van der Waals surface area contributed by atoms with Crippen LogP contribution in [0, 0.1) is 0 Å². The van der Waals surface area contributed by atoms with Gasteiger partial charge < -0.3 is 10.1 Å². The van der Waals surface area contributed by atoms with E-state index < -0.39 is 0 Å². The molecule has 2 aliphatic rings. The zero-order valence-corrected chi connectivity index (χ0v) is 20.7. The Bertz CT molecular complexity index is 1970. The molecule has 0 amide bonds. The highest BCUT2D eigenvalue weighted by Gasteiger charge is 2.25. The lowest BCUT2D eigenvalue weighted by atomic mass is 9.98. The third kappa shape index (κ3) is 3.57. The van der Waals surface area contributed by atoms with Crippen molar-refractivity contribution in [1.82, 2.24) is 15.3 Å². The number of rotatable bonds is 3. The fraction of sp³-hybridized carbons (Fsp3) is 0.0303. The van der Waals surface area contributed by atoms with Crippen LogP contribution >= 0.6 is 0 Å². The second-order valence-electron chi connectivity index (χ2n) is 9.57. The SMILES string of the molecule is c1ccc(C2=NC(c3ccc4nc5c6c(nccc6c4c3)-c3ccccc3O5)=NC(c3ccccc3)N2)cc1. The van der Waals surface area contributed by atoms with Crippen molar-refractivity contribution in [2.75, 3.05) is 0 Å². The van der Waals surface area contributed by atoms with Crippen molar-refractivity contribution in [2.45, 2.75) is 6.17 Å². The first-order valence-corrected chi connectivity index (χ1v) is 12.9. The van der Waals surface area contributed by atoms with Crippen LogP contribution in [0.3, 0.4) is 0 Å². The first kappa shape index (κ1) is 21.7. The molecule has 39 heavy (non-hydrogen) atoms. The highest BCUT2D eigenvalue weighted by molar-refractivity contribution is 6.17. The van der Waals surface area contributed by atoms with Gasteiger partial charge in [-0.25, -0.2) is 15.0 Å². The largest absolute Gasteiger partial charge is 0.438 e. The number of fused-ring (bicyclic) bond motifs is 4. The number of aromatic nitrogens is 2. The van der Waals surface area contributed by atoms with Crippen molar-refractivity contribution in [3.05, 3.63) is 132 Å². The molecule has 8 rings (SSSR count). The van der Waals surface area contributed by atoms with Gasteiger partial charge in [0.05, 0.1) is 16.6 Å². The minimum Gasteiger partial charge on any atom is -0.438 e. The molecule has 2 aromatic heterocycles. The van der Waals surface area contributed by atoms with Gasteiger partial charge in [-0.1, -0.05) is 72.8 Å². The summed E-state index contributed by atoms with van der Waals surface area (Å²) in [7, 11) is 0. The zero-order chi connectivity index (χ0) is 25.8. The zero-order valence-electron chi connectivity index (χ0n) is 20.7. The maximum Gasteiger partial charge on any atom is 0.229 e. The number of hydrogen-bond donors (Lipinski definition) is 1. The topological polar surface area (TPSA) is 71.8 Å². The number of aliphatic imine (C=N–C) groups is 2. The monoisotopic (exact) mass is 503 g/mol. The van der Waals surface area contributed by atoms with E-state index in [0.717, 1.165) is 61.2 Å². The van der Waals surface area contributed by atoms with Crippen LogP contribution in [-0.4, -0.2) is 21.6 Å². The second kappa shape index (κ2) is 8.60. The van der Waals surface area contributed by atoms with Crippen molar-refractivity contribution < 1.29 is 4.74 Å². The van der Waals surface area contributed by atoms with Gasteiger partial charge in [0.2, 0.25) is 5.88 Å². The van der Waals surface area contributed by atoms with Crippen LogP contribution in [0.4, 0.5) is 0 Å². The number of nitrogens with zero attached hydrogens (tertiary/aromatic N) is 4. The summed E-state index contributed by atoms with van der Waals surface area (Å²) in [6.45, 7) is 0. The van der Waals surface area contributed by atoms with Gasteiger partial charge >= 0.3 is 0 Å². The number of hydrogen-bond acceptors (Lipinski definition) is 6. The van der Waals surface area contributed by atoms with E-state index in [-0.39, 0.29) is 6.17 Å². The average Bonchev–Trinajstić information content (AvgIpc) is 3.02. The quantitative estimate of drug-likeness (QED) is 0.262. The fourth-order valence-corrected chi connectivity index (χ4v) is 5.32. The number of pyridine rings is 2. The number of ether oxygens (including phenoxy) is 1. The van der Waals surface area contributed by atoms with Crippen LogP contribution in [0.1, 0.15) is 22.9 Å². The Morgan fingerprint density at radius 2 is 1.51 bits per heavy atom. The average molecular weight is 504 g/mol. The van der Waals surface area contributed by atoms with E-state index in [9.17, 15) is 0 Å². The van der Waals surface area contributed by atoms with E-state index in [1.54, 1.807) is 0 Å². The summed E-state index contributed by atoms with van der Waals surface area (Å²) in [5, 5.41) is 6.48. The summed E-state index contributed by atoms with van der Waals surface area (Å²) >= 11 is 0. The van der Waals surface area contributed by atoms with Gasteiger partial charge in [-0.3, -0.25) is 4.98 Å². The minimum atomic E-state index is -0.256. The van der Waals surface area contributed by atoms with E-state index >= 15 is 0 Å². The fourth-order valence-electron chi connectivity index (χ4n) is 5.32. The van der Waals surface area contributed by atoms with Crippen LogP contribution < -0.4 is 10.1 Å². The maximum atomic E-state index is 6.23. The van der Waals surface area contributed by atoms with Crippen molar-refractivity contribution in [3.63, 3.8) is 0 Å². The standard InChI is InChI=1S/C33H21N5O/c1-3-9-20(10-4-1)30-36-31(21-11-5-2-6-12-21)38-32(37-30)22-15-16-26-25(19-22)23-17-18-34-29-24-13-7-8-14-27(24)39-33(35-26)28(23)29/h1-19,30H,(H,36,37,38). The minimum absolute atomic E-state index is 0.256. The van der Waals surface area contributed by atoms with E-state index in [2.05, 4.69) is 35.6 Å². The van der Waals surface area contributed by atoms with E-state index in [4.69, 9.17) is 24.7 Å². The Morgan fingerprint density at radius 1 is 0.718 bits per heavy atom. The van der Waals surface area contributed by atoms with Gasteiger partial charge in [0, 0.05) is 33.7 Å². The summed E-state index contributed by atoms with van der Waals surface area (Å²) in [6, 6.07) is 36.5. The summed E-state index contributed by atoms with van der Waals surface area (Å²) < 4.78 is 6.23. The highest BCUT2D eigenvalue weighted by Crippen LogP contribution is 2.45. The van der Waals surface area contributed by atoms with Gasteiger partial charge in [-0.05, 0) is 42.0 Å². The second-order valence-corrected chi connectivity index (χ2v) is 9.57. The van der Waals surface area contributed by atoms with E-state index in [1.165, 1.54) is 0 Å². The molecule has 6 aromatic rings. The molecule has 184 valence electrons. The first-order chi connectivity index (χ1) is 19.3. The molecule has 1 unspecified atom stereocenters. The molecule has 6 nitrogen and oxygen atoms in total. The number of benzene rings is 4. The molecule has 0 saturated heterocycles. The molecule has 0 fully saturated rings. The van der Waals surface area contributed by atoms with Gasteiger partial charge in [0.15, 0.2) is 5.84 Å². The molecule has 0 saturated carbocycles. The molecule has 0 bridgehead atoms. The van der Waals surface area contributed by atoms with Crippen molar-refractivity contribution in [1.29, 1.82) is 0 Å². The molecular weight excluding hydrogens is 482 g/mol. The molecule has 1 atom stereocenters. The molecule has 0 radical (unpaired) electrons. The lowest BCUT2D eigenvalue weighted by Gasteiger charge is -2.24. The van der Waals surface area contributed by atoms with Crippen LogP contribution in [0.25, 0.3) is 32.9 Å². The summed E-state index contributed by atoms with van der Waals surface area (Å²) in [4.78, 5) is 19.6. The number of nitrogens with one attached hydrogen (secondary N) is 1. The Labute approximate surface area is 224 Å².